The number of hydrogen-bond acceptors (Lipinski definition) is 4. The zero-order valence-corrected chi connectivity index (χ0v) is 10.1. The Kier molecular flexibility index (Phi) is 3.89. The van der Waals surface area contributed by atoms with Crippen molar-refractivity contribution in [2.45, 2.75) is 38.6 Å². The lowest BCUT2D eigenvalue weighted by atomic mass is 9.84. The molecule has 0 saturated heterocycles. The fraction of sp³-hybridized carbons (Fsp3) is 0.667. The fourth-order valence-electron chi connectivity index (χ4n) is 2.41. The third kappa shape index (κ3) is 2.72. The molecule has 1 aromatic rings. The molecule has 1 aromatic heterocycles. The average molecular weight is 238 g/mol. The molecular formula is C12H19FN4. The van der Waals surface area contributed by atoms with Gasteiger partial charge in [-0.25, -0.2) is 14.4 Å². The minimum Gasteiger partial charge on any atom is -0.364 e. The largest absolute Gasteiger partial charge is 0.364 e. The van der Waals surface area contributed by atoms with Crippen molar-refractivity contribution in [3.63, 3.8) is 0 Å². The first-order valence-electron chi connectivity index (χ1n) is 6.16. The molecule has 0 radical (unpaired) electrons. The number of nitrogens with zero attached hydrogens (tertiary/aromatic N) is 2. The number of nitrogens with two attached hydrogens (primary N) is 1. The van der Waals surface area contributed by atoms with Gasteiger partial charge in [0.25, 0.3) is 0 Å². The third-order valence-electron chi connectivity index (χ3n) is 3.50. The summed E-state index contributed by atoms with van der Waals surface area (Å²) in [5.74, 6) is 0.370. The summed E-state index contributed by atoms with van der Waals surface area (Å²) in [7, 11) is 0. The van der Waals surface area contributed by atoms with Crippen LogP contribution in [0.4, 0.5) is 10.2 Å². The molecule has 1 aliphatic carbocycles. The molecule has 5 heteroatoms. The Balaban J connectivity index is 2.11. The minimum atomic E-state index is -0.353. The lowest BCUT2D eigenvalue weighted by molar-refractivity contribution is 0.331. The van der Waals surface area contributed by atoms with Gasteiger partial charge < -0.3 is 11.1 Å². The van der Waals surface area contributed by atoms with Crippen molar-refractivity contribution in [1.82, 2.24) is 9.97 Å². The molecule has 3 N–H and O–H groups in total. The third-order valence-corrected chi connectivity index (χ3v) is 3.50. The zero-order chi connectivity index (χ0) is 12.3. The second-order valence-electron chi connectivity index (χ2n) is 4.65. The summed E-state index contributed by atoms with van der Waals surface area (Å²) in [6.45, 7) is 2.28. The number of aryl methyl sites for hydroxylation is 1. The molecule has 1 aliphatic rings. The Bertz CT molecular complexity index is 383. The van der Waals surface area contributed by atoms with Crippen LogP contribution in [0.5, 0.6) is 0 Å². The quantitative estimate of drug-likeness (QED) is 0.843. The Morgan fingerprint density at radius 1 is 1.41 bits per heavy atom. The second-order valence-corrected chi connectivity index (χ2v) is 4.65. The number of halogens is 1. The van der Waals surface area contributed by atoms with E-state index in [1.54, 1.807) is 6.92 Å². The predicted octanol–water partition coefficient (Wildman–Crippen LogP) is 1.85. The second kappa shape index (κ2) is 5.40. The molecule has 4 nitrogen and oxygen atoms in total. The van der Waals surface area contributed by atoms with Gasteiger partial charge in [0.2, 0.25) is 0 Å². The highest BCUT2D eigenvalue weighted by Gasteiger charge is 2.25. The Morgan fingerprint density at radius 3 is 2.94 bits per heavy atom. The van der Waals surface area contributed by atoms with Crippen LogP contribution in [0.1, 0.15) is 31.4 Å². The number of nitrogens with one attached hydrogen (secondary N) is 1. The molecular weight excluding hydrogens is 219 g/mol. The van der Waals surface area contributed by atoms with Gasteiger partial charge in [0, 0.05) is 6.04 Å². The molecule has 2 unspecified atom stereocenters. The van der Waals surface area contributed by atoms with E-state index >= 15 is 0 Å². The van der Waals surface area contributed by atoms with E-state index in [1.165, 1.54) is 19.2 Å². The standard InChI is InChI=1S/C12H19FN4/c1-8-11(13)12(16-7-15-8)17-10-5-3-2-4-9(10)6-14/h7,9-10H,2-6,14H2,1H3,(H,15,16,17). The van der Waals surface area contributed by atoms with Crippen LogP contribution < -0.4 is 11.1 Å². The first-order chi connectivity index (χ1) is 8.22. The molecule has 94 valence electrons. The first-order valence-corrected chi connectivity index (χ1v) is 6.16. The summed E-state index contributed by atoms with van der Waals surface area (Å²) in [6, 6.07) is 0.234. The maximum absolute atomic E-state index is 13.8. The van der Waals surface area contributed by atoms with Crippen molar-refractivity contribution in [2.75, 3.05) is 11.9 Å². The highest BCUT2D eigenvalue weighted by atomic mass is 19.1. The summed E-state index contributed by atoms with van der Waals surface area (Å²) in [5.41, 5.74) is 6.13. The van der Waals surface area contributed by atoms with E-state index in [-0.39, 0.29) is 11.9 Å². The van der Waals surface area contributed by atoms with Crippen molar-refractivity contribution in [1.29, 1.82) is 0 Å². The van der Waals surface area contributed by atoms with E-state index in [9.17, 15) is 4.39 Å². The molecule has 1 heterocycles. The van der Waals surface area contributed by atoms with E-state index in [0.717, 1.165) is 12.8 Å². The van der Waals surface area contributed by atoms with Crippen LogP contribution in [-0.2, 0) is 0 Å². The maximum Gasteiger partial charge on any atom is 0.186 e. The van der Waals surface area contributed by atoms with Crippen LogP contribution in [-0.4, -0.2) is 22.6 Å². The number of hydrogen-bond donors (Lipinski definition) is 2. The van der Waals surface area contributed by atoms with Crippen molar-refractivity contribution in [3.05, 3.63) is 17.8 Å². The lowest BCUT2D eigenvalue weighted by Crippen LogP contribution is -2.37. The molecule has 0 spiro atoms. The van der Waals surface area contributed by atoms with Crippen LogP contribution in [0.2, 0.25) is 0 Å². The minimum absolute atomic E-state index is 0.234. The van der Waals surface area contributed by atoms with Gasteiger partial charge in [-0.15, -0.1) is 0 Å². The van der Waals surface area contributed by atoms with Crippen LogP contribution in [0.3, 0.4) is 0 Å². The Labute approximate surface area is 101 Å². The summed E-state index contributed by atoms with van der Waals surface area (Å²) < 4.78 is 13.8. The van der Waals surface area contributed by atoms with Gasteiger partial charge in [0.15, 0.2) is 11.6 Å². The van der Waals surface area contributed by atoms with Gasteiger partial charge in [-0.1, -0.05) is 12.8 Å². The van der Waals surface area contributed by atoms with Crippen LogP contribution in [0.25, 0.3) is 0 Å². The molecule has 0 aromatic carbocycles. The van der Waals surface area contributed by atoms with E-state index in [0.29, 0.717) is 24.0 Å². The van der Waals surface area contributed by atoms with Gasteiger partial charge in [-0.3, -0.25) is 0 Å². The molecule has 17 heavy (non-hydrogen) atoms. The highest BCUT2D eigenvalue weighted by molar-refractivity contribution is 5.38. The van der Waals surface area contributed by atoms with Crippen molar-refractivity contribution < 1.29 is 4.39 Å². The molecule has 2 rings (SSSR count). The van der Waals surface area contributed by atoms with Crippen molar-refractivity contribution >= 4 is 5.82 Å². The van der Waals surface area contributed by atoms with E-state index in [1.807, 2.05) is 0 Å². The molecule has 1 fully saturated rings. The monoisotopic (exact) mass is 238 g/mol. The zero-order valence-electron chi connectivity index (χ0n) is 10.1. The normalized spacial score (nSPS) is 24.6. The average Bonchev–Trinajstić information content (AvgIpc) is 2.35. The van der Waals surface area contributed by atoms with Crippen molar-refractivity contribution in [2.24, 2.45) is 11.7 Å². The maximum atomic E-state index is 13.8. The van der Waals surface area contributed by atoms with Crippen molar-refractivity contribution in [3.8, 4) is 0 Å². The van der Waals surface area contributed by atoms with E-state index in [2.05, 4.69) is 15.3 Å². The summed E-state index contributed by atoms with van der Waals surface area (Å²) in [6.07, 6.45) is 5.91. The molecule has 0 aliphatic heterocycles. The van der Waals surface area contributed by atoms with Crippen LogP contribution in [0.15, 0.2) is 6.33 Å². The Hall–Kier alpha value is -1.23. The molecule has 2 atom stereocenters. The van der Waals surface area contributed by atoms with Gasteiger partial charge in [-0.05, 0) is 32.2 Å². The van der Waals surface area contributed by atoms with E-state index < -0.39 is 0 Å². The number of aromatic nitrogens is 2. The first kappa shape index (κ1) is 12.2. The highest BCUT2D eigenvalue weighted by Crippen LogP contribution is 2.26. The topological polar surface area (TPSA) is 63.8 Å². The smallest absolute Gasteiger partial charge is 0.186 e. The Morgan fingerprint density at radius 2 is 2.18 bits per heavy atom. The lowest BCUT2D eigenvalue weighted by Gasteiger charge is -2.31. The van der Waals surface area contributed by atoms with Crippen LogP contribution >= 0.6 is 0 Å². The number of anilines is 1. The summed E-state index contributed by atoms with van der Waals surface area (Å²) in [5, 5.41) is 3.18. The van der Waals surface area contributed by atoms with Crippen LogP contribution in [0, 0.1) is 18.7 Å². The van der Waals surface area contributed by atoms with Gasteiger partial charge in [-0.2, -0.15) is 0 Å². The van der Waals surface area contributed by atoms with Gasteiger partial charge >= 0.3 is 0 Å². The summed E-state index contributed by atoms with van der Waals surface area (Å²) in [4.78, 5) is 7.78. The summed E-state index contributed by atoms with van der Waals surface area (Å²) >= 11 is 0. The van der Waals surface area contributed by atoms with Gasteiger partial charge in [0.1, 0.15) is 6.33 Å². The fourth-order valence-corrected chi connectivity index (χ4v) is 2.41. The SMILES string of the molecule is Cc1ncnc(NC2CCCCC2CN)c1F. The molecule has 0 bridgehead atoms. The molecule has 0 amide bonds. The van der Waals surface area contributed by atoms with Gasteiger partial charge in [0.05, 0.1) is 5.69 Å². The molecule has 1 saturated carbocycles. The number of rotatable bonds is 3. The van der Waals surface area contributed by atoms with E-state index in [4.69, 9.17) is 5.73 Å². The predicted molar refractivity (Wildman–Crippen MR) is 65.2 cm³/mol.